The van der Waals surface area contributed by atoms with Crippen LogP contribution in [0.1, 0.15) is 44.1 Å². The highest BCUT2D eigenvalue weighted by atomic mass is 16.7. The number of rotatable bonds is 9. The van der Waals surface area contributed by atoms with E-state index in [1.807, 2.05) is 30.3 Å². The lowest BCUT2D eigenvalue weighted by Gasteiger charge is -2.33. The van der Waals surface area contributed by atoms with Crippen LogP contribution in [-0.4, -0.2) is 59.3 Å². The first-order valence-corrected chi connectivity index (χ1v) is 13.3. The number of nitrogens with zero attached hydrogens (tertiary/aromatic N) is 3. The largest absolute Gasteiger partial charge is 0.490 e. The lowest BCUT2D eigenvalue weighted by atomic mass is 9.89. The van der Waals surface area contributed by atoms with Gasteiger partial charge in [0.2, 0.25) is 12.7 Å². The Bertz CT molecular complexity index is 1390. The highest BCUT2D eigenvalue weighted by molar-refractivity contribution is 5.87. The normalized spacial score (nSPS) is 16.9. The lowest BCUT2D eigenvalue weighted by molar-refractivity contribution is 0.0599. The summed E-state index contributed by atoms with van der Waals surface area (Å²) in [6.07, 6.45) is 2.20. The summed E-state index contributed by atoms with van der Waals surface area (Å²) in [5.41, 5.74) is 1.96. The van der Waals surface area contributed by atoms with Crippen LogP contribution in [0.3, 0.4) is 0 Å². The van der Waals surface area contributed by atoms with Crippen LogP contribution in [0.25, 0.3) is 22.6 Å². The number of fused-ring (bicyclic) bond motifs is 2. The molecule has 9 nitrogen and oxygen atoms in total. The quantitative estimate of drug-likeness (QED) is 0.326. The van der Waals surface area contributed by atoms with Gasteiger partial charge >= 0.3 is 0 Å². The van der Waals surface area contributed by atoms with Crippen molar-refractivity contribution in [3.05, 3.63) is 53.9 Å². The van der Waals surface area contributed by atoms with E-state index in [1.54, 1.807) is 0 Å². The minimum atomic E-state index is -0.603. The van der Waals surface area contributed by atoms with Crippen LogP contribution < -0.4 is 14.2 Å². The van der Waals surface area contributed by atoms with Gasteiger partial charge in [0.05, 0.1) is 5.39 Å². The molecular weight excluding hydrogens is 486 g/mol. The molecule has 1 N–H and O–H groups in total. The zero-order valence-electron chi connectivity index (χ0n) is 21.8. The fourth-order valence-corrected chi connectivity index (χ4v) is 5.20. The molecule has 38 heavy (non-hydrogen) atoms. The summed E-state index contributed by atoms with van der Waals surface area (Å²) in [4.78, 5) is 2.30. The SMILES string of the molecule is CC(C)Cc1nnc(-c2cc3c(OCC(O)CN4CCC(c5ccc6c(c5)OCO6)CC4)cccc3o2)o1. The number of aliphatic hydroxyl groups excluding tert-OH is 1. The number of piperidine rings is 1. The minimum absolute atomic E-state index is 0.195. The maximum absolute atomic E-state index is 10.7. The predicted octanol–water partition coefficient (Wildman–Crippen LogP) is 5.03. The molecule has 4 heterocycles. The molecule has 2 aromatic heterocycles. The molecule has 1 fully saturated rings. The molecule has 4 aromatic rings. The van der Waals surface area contributed by atoms with Gasteiger partial charge in [-0.1, -0.05) is 26.0 Å². The second kappa shape index (κ2) is 10.7. The third kappa shape index (κ3) is 5.35. The van der Waals surface area contributed by atoms with E-state index in [-0.39, 0.29) is 6.61 Å². The van der Waals surface area contributed by atoms with E-state index in [2.05, 4.69) is 41.1 Å². The maximum Gasteiger partial charge on any atom is 0.283 e. The van der Waals surface area contributed by atoms with Crippen LogP contribution >= 0.6 is 0 Å². The molecular formula is C29H33N3O6. The number of β-amino-alcohol motifs (C(OH)–C–C–N with tert-alkyl or cyclic N) is 1. The van der Waals surface area contributed by atoms with Crippen LogP contribution in [0.2, 0.25) is 0 Å². The van der Waals surface area contributed by atoms with Gasteiger partial charge in [-0.05, 0) is 67.6 Å². The number of aliphatic hydroxyl groups is 1. The zero-order valence-corrected chi connectivity index (χ0v) is 21.8. The van der Waals surface area contributed by atoms with Crippen molar-refractivity contribution in [2.24, 2.45) is 5.92 Å². The van der Waals surface area contributed by atoms with Gasteiger partial charge in [-0.15, -0.1) is 10.2 Å². The smallest absolute Gasteiger partial charge is 0.283 e. The van der Waals surface area contributed by atoms with Gasteiger partial charge in [-0.3, -0.25) is 0 Å². The van der Waals surface area contributed by atoms with Crippen molar-refractivity contribution in [2.45, 2.75) is 45.1 Å². The number of ether oxygens (including phenoxy) is 3. The Morgan fingerprint density at radius 3 is 2.71 bits per heavy atom. The third-order valence-electron chi connectivity index (χ3n) is 7.14. The van der Waals surface area contributed by atoms with Crippen LogP contribution in [-0.2, 0) is 6.42 Å². The Balaban J connectivity index is 1.03. The Labute approximate surface area is 221 Å². The first kappa shape index (κ1) is 24.8. The van der Waals surface area contributed by atoms with Crippen LogP contribution in [0.15, 0.2) is 51.3 Å². The Hall–Kier alpha value is -3.56. The molecule has 1 saturated heterocycles. The fourth-order valence-electron chi connectivity index (χ4n) is 5.20. The van der Waals surface area contributed by atoms with Crippen LogP contribution in [0.4, 0.5) is 0 Å². The molecule has 2 aliphatic rings. The number of likely N-dealkylation sites (tertiary alicyclic amines) is 1. The monoisotopic (exact) mass is 519 g/mol. The van der Waals surface area contributed by atoms with Crippen LogP contribution in [0.5, 0.6) is 17.2 Å². The molecule has 0 saturated carbocycles. The number of hydrogen-bond acceptors (Lipinski definition) is 9. The molecule has 2 aromatic carbocycles. The number of benzene rings is 2. The summed E-state index contributed by atoms with van der Waals surface area (Å²) in [7, 11) is 0. The molecule has 0 radical (unpaired) electrons. The molecule has 2 aliphatic heterocycles. The summed E-state index contributed by atoms with van der Waals surface area (Å²) < 4.78 is 28.7. The van der Waals surface area contributed by atoms with Gasteiger partial charge < -0.3 is 33.1 Å². The molecule has 0 amide bonds. The van der Waals surface area contributed by atoms with E-state index in [4.69, 9.17) is 23.0 Å². The summed E-state index contributed by atoms with van der Waals surface area (Å²) in [6.45, 7) is 7.13. The highest BCUT2D eigenvalue weighted by Gasteiger charge is 2.24. The second-order valence-electron chi connectivity index (χ2n) is 10.5. The summed E-state index contributed by atoms with van der Waals surface area (Å²) >= 11 is 0. The summed E-state index contributed by atoms with van der Waals surface area (Å²) in [5.74, 6) is 4.67. The molecule has 9 heteroatoms. The first-order valence-electron chi connectivity index (χ1n) is 13.3. The second-order valence-corrected chi connectivity index (χ2v) is 10.5. The summed E-state index contributed by atoms with van der Waals surface area (Å²) in [6, 6.07) is 13.7. The highest BCUT2D eigenvalue weighted by Crippen LogP contribution is 2.37. The van der Waals surface area contributed by atoms with E-state index in [0.717, 1.165) is 49.2 Å². The van der Waals surface area contributed by atoms with Crippen molar-refractivity contribution in [2.75, 3.05) is 33.0 Å². The van der Waals surface area contributed by atoms with Crippen molar-refractivity contribution in [1.29, 1.82) is 0 Å². The number of hydrogen-bond donors (Lipinski definition) is 1. The topological polar surface area (TPSA) is 103 Å². The van der Waals surface area contributed by atoms with Gasteiger partial charge in [0.1, 0.15) is 24.0 Å². The van der Waals surface area contributed by atoms with Gasteiger partial charge in [0.25, 0.3) is 5.89 Å². The Morgan fingerprint density at radius 2 is 1.87 bits per heavy atom. The van der Waals surface area contributed by atoms with Crippen molar-refractivity contribution in [1.82, 2.24) is 15.1 Å². The van der Waals surface area contributed by atoms with Gasteiger partial charge in [-0.2, -0.15) is 0 Å². The third-order valence-corrected chi connectivity index (χ3v) is 7.14. The van der Waals surface area contributed by atoms with Crippen molar-refractivity contribution in [3.8, 4) is 28.9 Å². The fraction of sp³-hybridized carbons (Fsp3) is 0.448. The standard InChI is InChI=1S/C29H33N3O6/c1-18(2)12-28-30-31-29(38-28)27-14-22-23(4-3-5-24(22)37-27)34-16-21(33)15-32-10-8-19(9-11-32)20-6-7-25-26(13-20)36-17-35-25/h3-7,13-14,18-19,21,33H,8-12,15-17H2,1-2H3. The Kier molecular flexibility index (Phi) is 6.95. The van der Waals surface area contributed by atoms with Crippen molar-refractivity contribution in [3.63, 3.8) is 0 Å². The average Bonchev–Trinajstić information content (AvgIpc) is 3.66. The predicted molar refractivity (Wildman–Crippen MR) is 141 cm³/mol. The van der Waals surface area contributed by atoms with E-state index < -0.39 is 6.10 Å². The van der Waals surface area contributed by atoms with Gasteiger partial charge in [-0.25, -0.2) is 0 Å². The average molecular weight is 520 g/mol. The minimum Gasteiger partial charge on any atom is -0.490 e. The van der Waals surface area contributed by atoms with E-state index >= 15 is 0 Å². The number of aromatic nitrogens is 2. The van der Waals surface area contributed by atoms with Gasteiger partial charge in [0.15, 0.2) is 17.3 Å². The number of furan rings is 1. The van der Waals surface area contributed by atoms with E-state index in [0.29, 0.717) is 54.0 Å². The summed E-state index contributed by atoms with van der Waals surface area (Å²) in [5, 5.41) is 19.8. The molecule has 0 spiro atoms. The molecule has 0 bridgehead atoms. The molecule has 6 rings (SSSR count). The molecule has 1 atom stereocenters. The zero-order chi connectivity index (χ0) is 26.1. The van der Waals surface area contributed by atoms with Crippen molar-refractivity contribution >= 4 is 11.0 Å². The molecule has 200 valence electrons. The maximum atomic E-state index is 10.7. The van der Waals surface area contributed by atoms with Gasteiger partial charge in [0, 0.05) is 19.0 Å². The van der Waals surface area contributed by atoms with Crippen molar-refractivity contribution < 1.29 is 28.2 Å². The van der Waals surface area contributed by atoms with E-state index in [1.165, 1.54) is 5.56 Å². The first-order chi connectivity index (χ1) is 18.5. The lowest BCUT2D eigenvalue weighted by Crippen LogP contribution is -2.40. The molecule has 1 unspecified atom stereocenters. The molecule has 0 aliphatic carbocycles. The van der Waals surface area contributed by atoms with Crippen LogP contribution in [0, 0.1) is 5.92 Å². The Morgan fingerprint density at radius 1 is 1.03 bits per heavy atom. The van der Waals surface area contributed by atoms with E-state index in [9.17, 15) is 5.11 Å².